The highest BCUT2D eigenvalue weighted by Crippen LogP contribution is 2.25. The molecule has 8 nitrogen and oxygen atoms in total. The molecule has 2 aromatic heterocycles. The SMILES string of the molecule is Cc1ncc(COc2ccc3nn(C)c(C(=O)N[C@@H](C)C(N)=O)c3c2)s1. The standard InChI is InChI=1S/C17H19N5O3S/c1-9(16(18)23)20-17(24)15-13-6-11(4-5-14(13)21-22(15)3)25-8-12-7-19-10(2)26-12/h4-7,9H,8H2,1-3H3,(H2,18,23)(H,20,24)/t9-/m0/s1. The summed E-state index contributed by atoms with van der Waals surface area (Å²) < 4.78 is 7.28. The minimum Gasteiger partial charge on any atom is -0.488 e. The minimum atomic E-state index is -0.776. The highest BCUT2D eigenvalue weighted by atomic mass is 32.1. The third kappa shape index (κ3) is 3.67. The lowest BCUT2D eigenvalue weighted by Gasteiger charge is -2.10. The van der Waals surface area contributed by atoms with Gasteiger partial charge in [0, 0.05) is 18.6 Å². The van der Waals surface area contributed by atoms with Gasteiger partial charge in [-0.3, -0.25) is 14.3 Å². The summed E-state index contributed by atoms with van der Waals surface area (Å²) in [4.78, 5) is 28.9. The summed E-state index contributed by atoms with van der Waals surface area (Å²) in [5, 5.41) is 8.52. The minimum absolute atomic E-state index is 0.340. The molecular weight excluding hydrogens is 354 g/mol. The Balaban J connectivity index is 1.85. The predicted molar refractivity (Wildman–Crippen MR) is 98.0 cm³/mol. The molecule has 1 aromatic carbocycles. The largest absolute Gasteiger partial charge is 0.488 e. The second-order valence-electron chi connectivity index (χ2n) is 5.88. The average molecular weight is 373 g/mol. The lowest BCUT2D eigenvalue weighted by molar-refractivity contribution is -0.119. The maximum absolute atomic E-state index is 12.5. The number of amides is 2. The van der Waals surface area contributed by atoms with Crippen LogP contribution in [0.15, 0.2) is 24.4 Å². The van der Waals surface area contributed by atoms with E-state index in [1.165, 1.54) is 11.6 Å². The molecule has 3 aromatic rings. The molecular formula is C17H19N5O3S. The smallest absolute Gasteiger partial charge is 0.270 e. The van der Waals surface area contributed by atoms with E-state index in [4.69, 9.17) is 10.5 Å². The van der Waals surface area contributed by atoms with Crippen LogP contribution in [-0.4, -0.2) is 32.6 Å². The molecule has 0 spiro atoms. The highest BCUT2D eigenvalue weighted by Gasteiger charge is 2.20. The van der Waals surface area contributed by atoms with Crippen molar-refractivity contribution in [3.63, 3.8) is 0 Å². The van der Waals surface area contributed by atoms with Crippen LogP contribution in [0.25, 0.3) is 10.9 Å². The first-order valence-electron chi connectivity index (χ1n) is 7.96. The van der Waals surface area contributed by atoms with Crippen molar-refractivity contribution in [3.05, 3.63) is 40.0 Å². The van der Waals surface area contributed by atoms with Gasteiger partial charge in [0.1, 0.15) is 24.1 Å². The van der Waals surface area contributed by atoms with Gasteiger partial charge in [-0.15, -0.1) is 11.3 Å². The third-order valence-electron chi connectivity index (χ3n) is 3.84. The number of ether oxygens (including phenoxy) is 1. The van der Waals surface area contributed by atoms with E-state index in [-0.39, 0.29) is 0 Å². The summed E-state index contributed by atoms with van der Waals surface area (Å²) in [5.41, 5.74) is 6.21. The average Bonchev–Trinajstić information content (AvgIpc) is 3.14. The fraction of sp³-hybridized carbons (Fsp3) is 0.294. The van der Waals surface area contributed by atoms with Gasteiger partial charge in [0.15, 0.2) is 0 Å². The van der Waals surface area contributed by atoms with E-state index in [0.29, 0.717) is 29.0 Å². The van der Waals surface area contributed by atoms with Gasteiger partial charge in [-0.25, -0.2) is 4.98 Å². The molecule has 0 saturated carbocycles. The number of primary amides is 1. The third-order valence-corrected chi connectivity index (χ3v) is 4.73. The Morgan fingerprint density at radius 1 is 1.42 bits per heavy atom. The maximum atomic E-state index is 12.5. The number of hydrogen-bond donors (Lipinski definition) is 2. The number of hydrogen-bond acceptors (Lipinski definition) is 6. The molecule has 3 N–H and O–H groups in total. The summed E-state index contributed by atoms with van der Waals surface area (Å²) >= 11 is 1.57. The van der Waals surface area contributed by atoms with Crippen LogP contribution >= 0.6 is 11.3 Å². The molecule has 2 heterocycles. The first kappa shape index (κ1) is 17.9. The van der Waals surface area contributed by atoms with Gasteiger partial charge in [-0.05, 0) is 32.0 Å². The fourth-order valence-corrected chi connectivity index (χ4v) is 3.21. The van der Waals surface area contributed by atoms with Crippen LogP contribution in [-0.2, 0) is 18.4 Å². The molecule has 1 atom stereocenters. The molecule has 0 bridgehead atoms. The van der Waals surface area contributed by atoms with Crippen LogP contribution < -0.4 is 15.8 Å². The maximum Gasteiger partial charge on any atom is 0.270 e. The number of carbonyl (C=O) groups is 2. The number of carbonyl (C=O) groups excluding carboxylic acids is 2. The Labute approximate surface area is 154 Å². The van der Waals surface area contributed by atoms with Crippen LogP contribution in [0.2, 0.25) is 0 Å². The highest BCUT2D eigenvalue weighted by molar-refractivity contribution is 7.11. The number of fused-ring (bicyclic) bond motifs is 1. The van der Waals surface area contributed by atoms with Crippen molar-refractivity contribution in [2.75, 3.05) is 0 Å². The van der Waals surface area contributed by atoms with Crippen LogP contribution in [0.1, 0.15) is 27.3 Å². The molecule has 0 fully saturated rings. The number of nitrogens with one attached hydrogen (secondary N) is 1. The van der Waals surface area contributed by atoms with Gasteiger partial charge < -0.3 is 15.8 Å². The molecule has 0 aliphatic rings. The van der Waals surface area contributed by atoms with Gasteiger partial charge in [0.25, 0.3) is 5.91 Å². The van der Waals surface area contributed by atoms with Crippen molar-refractivity contribution in [2.45, 2.75) is 26.5 Å². The Morgan fingerprint density at radius 3 is 2.85 bits per heavy atom. The van der Waals surface area contributed by atoms with Crippen molar-refractivity contribution < 1.29 is 14.3 Å². The number of aryl methyl sites for hydroxylation is 2. The van der Waals surface area contributed by atoms with E-state index in [0.717, 1.165) is 9.88 Å². The number of rotatable bonds is 6. The molecule has 0 unspecified atom stereocenters. The van der Waals surface area contributed by atoms with Crippen molar-refractivity contribution in [2.24, 2.45) is 12.8 Å². The van der Waals surface area contributed by atoms with Crippen molar-refractivity contribution in [1.29, 1.82) is 0 Å². The number of benzene rings is 1. The molecule has 26 heavy (non-hydrogen) atoms. The Bertz CT molecular complexity index is 978. The molecule has 136 valence electrons. The fourth-order valence-electron chi connectivity index (χ4n) is 2.50. The second-order valence-corrected chi connectivity index (χ2v) is 7.20. The zero-order chi connectivity index (χ0) is 18.8. The lowest BCUT2D eigenvalue weighted by Crippen LogP contribution is -2.42. The molecule has 0 aliphatic heterocycles. The van der Waals surface area contributed by atoms with Crippen molar-refractivity contribution >= 4 is 34.1 Å². The zero-order valence-corrected chi connectivity index (χ0v) is 15.5. The first-order valence-corrected chi connectivity index (χ1v) is 8.78. The molecule has 0 saturated heterocycles. The monoisotopic (exact) mass is 373 g/mol. The Hall–Kier alpha value is -2.94. The topological polar surface area (TPSA) is 112 Å². The van der Waals surface area contributed by atoms with Gasteiger partial charge in [-0.2, -0.15) is 5.10 Å². The predicted octanol–water partition coefficient (Wildman–Crippen LogP) is 1.52. The van der Waals surface area contributed by atoms with E-state index >= 15 is 0 Å². The van der Waals surface area contributed by atoms with Crippen LogP contribution in [0, 0.1) is 6.92 Å². The first-order chi connectivity index (χ1) is 12.3. The summed E-state index contributed by atoms with van der Waals surface area (Å²) in [6, 6.07) is 4.58. The Morgan fingerprint density at radius 2 is 2.19 bits per heavy atom. The molecule has 3 rings (SSSR count). The summed E-state index contributed by atoms with van der Waals surface area (Å²) in [6.45, 7) is 3.87. The van der Waals surface area contributed by atoms with Crippen LogP contribution in [0.5, 0.6) is 5.75 Å². The van der Waals surface area contributed by atoms with Gasteiger partial charge in [-0.1, -0.05) is 0 Å². The number of nitrogens with zero attached hydrogens (tertiary/aromatic N) is 3. The number of nitrogens with two attached hydrogens (primary N) is 1. The summed E-state index contributed by atoms with van der Waals surface area (Å²) in [6.07, 6.45) is 1.78. The van der Waals surface area contributed by atoms with E-state index in [2.05, 4.69) is 15.4 Å². The van der Waals surface area contributed by atoms with E-state index in [1.807, 2.05) is 6.92 Å². The van der Waals surface area contributed by atoms with Gasteiger partial charge in [0.2, 0.25) is 5.91 Å². The normalized spacial score (nSPS) is 12.1. The number of thiazole rings is 1. The van der Waals surface area contributed by atoms with E-state index < -0.39 is 17.9 Å². The number of aromatic nitrogens is 3. The second kappa shape index (κ2) is 7.12. The molecule has 9 heteroatoms. The molecule has 0 radical (unpaired) electrons. The van der Waals surface area contributed by atoms with Gasteiger partial charge >= 0.3 is 0 Å². The summed E-state index contributed by atoms with van der Waals surface area (Å²) in [7, 11) is 1.67. The van der Waals surface area contributed by atoms with E-state index in [1.54, 1.807) is 42.8 Å². The quantitative estimate of drug-likeness (QED) is 0.680. The Kier molecular flexibility index (Phi) is 4.90. The van der Waals surface area contributed by atoms with Crippen LogP contribution in [0.3, 0.4) is 0 Å². The van der Waals surface area contributed by atoms with Gasteiger partial charge in [0.05, 0.1) is 15.4 Å². The lowest BCUT2D eigenvalue weighted by atomic mass is 10.2. The summed E-state index contributed by atoms with van der Waals surface area (Å²) in [5.74, 6) is -0.404. The van der Waals surface area contributed by atoms with Crippen molar-refractivity contribution in [3.8, 4) is 5.75 Å². The van der Waals surface area contributed by atoms with Crippen molar-refractivity contribution in [1.82, 2.24) is 20.1 Å². The van der Waals surface area contributed by atoms with E-state index in [9.17, 15) is 9.59 Å². The van der Waals surface area contributed by atoms with Crippen LogP contribution in [0.4, 0.5) is 0 Å². The molecule has 0 aliphatic carbocycles. The zero-order valence-electron chi connectivity index (χ0n) is 14.6. The molecule has 2 amide bonds.